The number of fused-ring (bicyclic) bond motifs is 1. The Kier molecular flexibility index (Phi) is 4.31. The zero-order valence-corrected chi connectivity index (χ0v) is 14.4. The van der Waals surface area contributed by atoms with Crippen LogP contribution in [0.25, 0.3) is 10.9 Å². The van der Waals surface area contributed by atoms with E-state index in [1.54, 1.807) is 6.20 Å². The molecule has 0 fully saturated rings. The fourth-order valence-corrected chi connectivity index (χ4v) is 3.54. The van der Waals surface area contributed by atoms with E-state index >= 15 is 0 Å². The van der Waals surface area contributed by atoms with E-state index in [0.717, 1.165) is 23.0 Å². The third-order valence-electron chi connectivity index (χ3n) is 4.10. The van der Waals surface area contributed by atoms with Gasteiger partial charge in [-0.3, -0.25) is 4.79 Å². The molecule has 1 amide bonds. The number of nitrogens with one attached hydrogen (secondary N) is 1. The summed E-state index contributed by atoms with van der Waals surface area (Å²) in [6.45, 7) is 0.787. The van der Waals surface area contributed by atoms with Crippen molar-refractivity contribution in [3.63, 3.8) is 0 Å². The summed E-state index contributed by atoms with van der Waals surface area (Å²) in [6, 6.07) is 18.6. The van der Waals surface area contributed by atoms with Crippen LogP contribution < -0.4 is 5.32 Å². The van der Waals surface area contributed by atoms with Crippen molar-refractivity contribution in [1.29, 1.82) is 0 Å². The Balaban J connectivity index is 1.62. The average molecular weight is 347 g/mol. The van der Waals surface area contributed by atoms with Crippen LogP contribution in [0.2, 0.25) is 0 Å². The van der Waals surface area contributed by atoms with Crippen LogP contribution in [0.15, 0.2) is 72.4 Å². The van der Waals surface area contributed by atoms with Crippen molar-refractivity contribution in [3.05, 3.63) is 83.5 Å². The van der Waals surface area contributed by atoms with Gasteiger partial charge in [0.15, 0.2) is 5.13 Å². The summed E-state index contributed by atoms with van der Waals surface area (Å²) in [6.07, 6.45) is 4.10. The van der Waals surface area contributed by atoms with Gasteiger partial charge >= 0.3 is 0 Å². The molecule has 0 radical (unpaired) electrons. The minimum atomic E-state index is -0.0439. The van der Waals surface area contributed by atoms with Crippen LogP contribution in [0.4, 0.5) is 5.13 Å². The number of carbonyl (C=O) groups excluding carboxylic acids is 1. The molecule has 0 unspecified atom stereocenters. The van der Waals surface area contributed by atoms with Gasteiger partial charge in [0.1, 0.15) is 0 Å². The molecule has 1 N–H and O–H groups in total. The zero-order chi connectivity index (χ0) is 17.1. The summed E-state index contributed by atoms with van der Waals surface area (Å²) < 4.78 is 2.21. The highest BCUT2D eigenvalue weighted by Gasteiger charge is 2.13. The average Bonchev–Trinajstić information content (AvgIpc) is 3.25. The quantitative estimate of drug-likeness (QED) is 0.584. The Morgan fingerprint density at radius 1 is 1.08 bits per heavy atom. The lowest BCUT2D eigenvalue weighted by atomic mass is 10.1. The lowest BCUT2D eigenvalue weighted by Crippen LogP contribution is -2.14. The smallest absolute Gasteiger partial charge is 0.230 e. The van der Waals surface area contributed by atoms with Crippen molar-refractivity contribution >= 4 is 33.3 Å². The molecule has 0 saturated heterocycles. The Labute approximate surface area is 149 Å². The Hall–Kier alpha value is -2.92. The number of thiazole rings is 1. The third-order valence-corrected chi connectivity index (χ3v) is 4.79. The number of hydrogen-bond acceptors (Lipinski definition) is 3. The number of aromatic nitrogens is 2. The predicted molar refractivity (Wildman–Crippen MR) is 102 cm³/mol. The molecule has 2 aromatic carbocycles. The first kappa shape index (κ1) is 15.6. The molecule has 0 bridgehead atoms. The number of hydrogen-bond donors (Lipinski definition) is 1. The second kappa shape index (κ2) is 6.91. The van der Waals surface area contributed by atoms with Crippen LogP contribution in [0.1, 0.15) is 11.1 Å². The maximum absolute atomic E-state index is 12.3. The molecule has 4 aromatic rings. The maximum atomic E-state index is 12.3. The van der Waals surface area contributed by atoms with Crippen molar-refractivity contribution in [2.45, 2.75) is 13.0 Å². The Morgan fingerprint density at radius 2 is 1.88 bits per heavy atom. The monoisotopic (exact) mass is 347 g/mol. The third kappa shape index (κ3) is 3.46. The molecule has 2 heterocycles. The minimum absolute atomic E-state index is 0.0439. The second-order valence-electron chi connectivity index (χ2n) is 5.85. The molecule has 25 heavy (non-hydrogen) atoms. The Bertz CT molecular complexity index is 990. The van der Waals surface area contributed by atoms with E-state index in [1.807, 2.05) is 35.7 Å². The lowest BCUT2D eigenvalue weighted by molar-refractivity contribution is -0.115. The highest BCUT2D eigenvalue weighted by atomic mass is 32.1. The van der Waals surface area contributed by atoms with E-state index in [1.165, 1.54) is 16.9 Å². The summed E-state index contributed by atoms with van der Waals surface area (Å²) in [7, 11) is 0. The van der Waals surface area contributed by atoms with Gasteiger partial charge in [-0.1, -0.05) is 48.5 Å². The van der Waals surface area contributed by atoms with E-state index in [9.17, 15) is 4.79 Å². The van der Waals surface area contributed by atoms with Gasteiger partial charge in [-0.15, -0.1) is 11.3 Å². The van der Waals surface area contributed by atoms with E-state index in [4.69, 9.17) is 0 Å². The molecule has 4 rings (SSSR count). The fraction of sp³-hybridized carbons (Fsp3) is 0.100. The largest absolute Gasteiger partial charge is 0.343 e. The summed E-state index contributed by atoms with van der Waals surface area (Å²) in [5, 5.41) is 6.46. The molecule has 0 aliphatic heterocycles. The van der Waals surface area contributed by atoms with Gasteiger partial charge in [0.25, 0.3) is 0 Å². The van der Waals surface area contributed by atoms with Gasteiger partial charge < -0.3 is 9.88 Å². The normalized spacial score (nSPS) is 10.9. The number of rotatable bonds is 5. The van der Waals surface area contributed by atoms with Crippen LogP contribution in [0.3, 0.4) is 0 Å². The fourth-order valence-electron chi connectivity index (χ4n) is 3.00. The minimum Gasteiger partial charge on any atom is -0.343 e. The number of benzene rings is 2. The van der Waals surface area contributed by atoms with Crippen LogP contribution in [-0.2, 0) is 17.8 Å². The number of carbonyl (C=O) groups is 1. The van der Waals surface area contributed by atoms with Gasteiger partial charge in [0, 0.05) is 35.2 Å². The number of anilines is 1. The highest BCUT2D eigenvalue weighted by molar-refractivity contribution is 7.13. The number of para-hydroxylation sites is 1. The molecule has 4 nitrogen and oxygen atoms in total. The van der Waals surface area contributed by atoms with Crippen LogP contribution in [-0.4, -0.2) is 15.5 Å². The molecule has 0 aliphatic rings. The van der Waals surface area contributed by atoms with Gasteiger partial charge in [-0.05, 0) is 17.2 Å². The molecule has 0 spiro atoms. The first-order valence-electron chi connectivity index (χ1n) is 8.09. The molecule has 124 valence electrons. The van der Waals surface area contributed by atoms with Crippen molar-refractivity contribution in [1.82, 2.24) is 9.55 Å². The topological polar surface area (TPSA) is 46.9 Å². The molecular weight excluding hydrogens is 330 g/mol. The van der Waals surface area contributed by atoms with E-state index < -0.39 is 0 Å². The van der Waals surface area contributed by atoms with Crippen molar-refractivity contribution in [2.24, 2.45) is 0 Å². The zero-order valence-electron chi connectivity index (χ0n) is 13.6. The predicted octanol–water partition coefficient (Wildman–Crippen LogP) is 4.33. The summed E-state index contributed by atoms with van der Waals surface area (Å²) >= 11 is 1.42. The lowest BCUT2D eigenvalue weighted by Gasteiger charge is -2.05. The van der Waals surface area contributed by atoms with Crippen molar-refractivity contribution in [3.8, 4) is 0 Å². The highest BCUT2D eigenvalue weighted by Crippen LogP contribution is 2.23. The van der Waals surface area contributed by atoms with E-state index in [-0.39, 0.29) is 5.91 Å². The van der Waals surface area contributed by atoms with E-state index in [0.29, 0.717) is 11.6 Å². The van der Waals surface area contributed by atoms with Gasteiger partial charge in [-0.2, -0.15) is 0 Å². The van der Waals surface area contributed by atoms with Gasteiger partial charge in [0.05, 0.1) is 6.42 Å². The number of amides is 1. The molecule has 0 aliphatic carbocycles. The van der Waals surface area contributed by atoms with Crippen molar-refractivity contribution < 1.29 is 4.79 Å². The standard InChI is InChI=1S/C20H17N3OS/c24-19(22-20-21-10-11-25-20)12-16-14-23(13-15-6-2-1-3-7-15)18-9-5-4-8-17(16)18/h1-11,14H,12-13H2,(H,21,22,24). The first-order valence-corrected chi connectivity index (χ1v) is 8.97. The Morgan fingerprint density at radius 3 is 2.68 bits per heavy atom. The second-order valence-corrected chi connectivity index (χ2v) is 6.74. The molecule has 5 heteroatoms. The maximum Gasteiger partial charge on any atom is 0.230 e. The molecule has 0 saturated carbocycles. The van der Waals surface area contributed by atoms with Crippen molar-refractivity contribution in [2.75, 3.05) is 5.32 Å². The molecular formula is C20H17N3OS. The summed E-state index contributed by atoms with van der Waals surface area (Å²) in [5.41, 5.74) is 3.41. The SMILES string of the molecule is O=C(Cc1cn(Cc2ccccc2)c2ccccc12)Nc1nccs1. The van der Waals surface area contributed by atoms with Gasteiger partial charge in [-0.25, -0.2) is 4.98 Å². The molecule has 2 aromatic heterocycles. The van der Waals surface area contributed by atoms with Crippen LogP contribution in [0, 0.1) is 0 Å². The molecule has 0 atom stereocenters. The van der Waals surface area contributed by atoms with Gasteiger partial charge in [0.2, 0.25) is 5.91 Å². The first-order chi connectivity index (χ1) is 12.3. The number of nitrogens with zero attached hydrogens (tertiary/aromatic N) is 2. The van der Waals surface area contributed by atoms with Crippen LogP contribution >= 0.6 is 11.3 Å². The summed E-state index contributed by atoms with van der Waals surface area (Å²) in [5.74, 6) is -0.0439. The van der Waals surface area contributed by atoms with Crippen LogP contribution in [0.5, 0.6) is 0 Å². The van der Waals surface area contributed by atoms with E-state index in [2.05, 4.69) is 45.3 Å². The summed E-state index contributed by atoms with van der Waals surface area (Å²) in [4.78, 5) is 16.4.